The fourth-order valence-electron chi connectivity index (χ4n) is 5.31. The highest BCUT2D eigenvalue weighted by molar-refractivity contribution is 7.26. The van der Waals surface area contributed by atoms with Crippen LogP contribution >= 0.6 is 11.3 Å². The summed E-state index contributed by atoms with van der Waals surface area (Å²) in [4.78, 5) is 9.46. The van der Waals surface area contributed by atoms with Crippen LogP contribution in [0, 0.1) is 19.3 Å². The summed E-state index contributed by atoms with van der Waals surface area (Å²) in [6.07, 6.45) is 2.79. The summed E-state index contributed by atoms with van der Waals surface area (Å²) in [6, 6.07) is 26.7. The van der Waals surface area contributed by atoms with Crippen molar-refractivity contribution in [3.8, 4) is 22.4 Å². The Bertz CT molecular complexity index is 1770. The molecule has 0 saturated carbocycles. The number of rotatable bonds is 3. The lowest BCUT2D eigenvalue weighted by Crippen LogP contribution is -2.09. The van der Waals surface area contributed by atoms with Gasteiger partial charge in [-0.05, 0) is 82.5 Å². The van der Waals surface area contributed by atoms with Crippen LogP contribution in [0.1, 0.15) is 37.5 Å². The Morgan fingerprint density at radius 3 is 2.31 bits per heavy atom. The molecule has 6 aromatic rings. The Balaban J connectivity index is 1.48. The third-order valence-corrected chi connectivity index (χ3v) is 8.08. The monoisotopic (exact) mass is 486 g/mol. The molecule has 0 amide bonds. The van der Waals surface area contributed by atoms with Gasteiger partial charge in [0.15, 0.2) is 0 Å². The molecule has 0 N–H and O–H groups in total. The molecule has 6 rings (SSSR count). The molecule has 36 heavy (non-hydrogen) atoms. The number of benzene rings is 4. The predicted octanol–water partition coefficient (Wildman–Crippen LogP) is 9.54. The van der Waals surface area contributed by atoms with Crippen LogP contribution in [-0.2, 0) is 6.42 Å². The van der Waals surface area contributed by atoms with Gasteiger partial charge in [0.05, 0.1) is 15.9 Å². The zero-order valence-corrected chi connectivity index (χ0v) is 22.3. The summed E-state index contributed by atoms with van der Waals surface area (Å²) in [7, 11) is 0. The molecule has 0 fully saturated rings. The maximum atomic E-state index is 4.73. The molecule has 0 saturated heterocycles. The van der Waals surface area contributed by atoms with Gasteiger partial charge in [-0.25, -0.2) is 9.97 Å². The molecular formula is C33H30N2S. The van der Waals surface area contributed by atoms with Gasteiger partial charge >= 0.3 is 0 Å². The highest BCUT2D eigenvalue weighted by Crippen LogP contribution is 2.41. The number of fused-ring (bicyclic) bond motifs is 4. The molecular weight excluding hydrogens is 456 g/mol. The Labute approximate surface area is 216 Å². The van der Waals surface area contributed by atoms with Gasteiger partial charge in [0, 0.05) is 15.6 Å². The van der Waals surface area contributed by atoms with Crippen molar-refractivity contribution in [1.29, 1.82) is 0 Å². The number of nitrogens with zero attached hydrogens (tertiary/aromatic N) is 2. The van der Waals surface area contributed by atoms with Gasteiger partial charge in [-0.3, -0.25) is 0 Å². The molecule has 0 aliphatic carbocycles. The fourth-order valence-corrected chi connectivity index (χ4v) is 6.50. The van der Waals surface area contributed by atoms with E-state index in [0.717, 1.165) is 27.9 Å². The van der Waals surface area contributed by atoms with Crippen molar-refractivity contribution in [2.24, 2.45) is 5.41 Å². The van der Waals surface area contributed by atoms with E-state index in [1.165, 1.54) is 48.7 Å². The standard InChI is InChI=1S/C33H30N2S/c1-20-14-22(18-33(3,4)5)10-13-26(20)27-17-29-28(15-21(27)2)31-32(36-29)30(34-19-35-31)25-12-11-23-8-6-7-9-24(23)16-25/h6-17,19H,18H2,1-5H3. The Kier molecular flexibility index (Phi) is 5.42. The van der Waals surface area contributed by atoms with Crippen LogP contribution in [0.2, 0.25) is 0 Å². The largest absolute Gasteiger partial charge is 0.235 e. The van der Waals surface area contributed by atoms with Crippen molar-refractivity contribution in [3.63, 3.8) is 0 Å². The number of aromatic nitrogens is 2. The molecule has 0 aliphatic heterocycles. The van der Waals surface area contributed by atoms with Crippen molar-refractivity contribution in [2.45, 2.75) is 41.0 Å². The van der Waals surface area contributed by atoms with Gasteiger partial charge in [0.25, 0.3) is 0 Å². The number of aryl methyl sites for hydroxylation is 2. The molecule has 0 unspecified atom stereocenters. The van der Waals surface area contributed by atoms with Gasteiger partial charge in [-0.1, -0.05) is 75.4 Å². The van der Waals surface area contributed by atoms with Crippen molar-refractivity contribution < 1.29 is 0 Å². The van der Waals surface area contributed by atoms with Crippen LogP contribution in [0.3, 0.4) is 0 Å². The second-order valence-electron chi connectivity index (χ2n) is 11.1. The summed E-state index contributed by atoms with van der Waals surface area (Å²) in [6.45, 7) is 11.3. The lowest BCUT2D eigenvalue weighted by molar-refractivity contribution is 0.411. The lowest BCUT2D eigenvalue weighted by Gasteiger charge is -2.19. The van der Waals surface area contributed by atoms with E-state index in [0.29, 0.717) is 0 Å². The van der Waals surface area contributed by atoms with E-state index in [4.69, 9.17) is 9.97 Å². The van der Waals surface area contributed by atoms with E-state index >= 15 is 0 Å². The topological polar surface area (TPSA) is 25.8 Å². The first-order valence-corrected chi connectivity index (χ1v) is 13.4. The highest BCUT2D eigenvalue weighted by Gasteiger charge is 2.17. The number of thiophene rings is 1. The zero-order valence-electron chi connectivity index (χ0n) is 21.5. The number of hydrogen-bond donors (Lipinski definition) is 0. The molecule has 2 nitrogen and oxygen atoms in total. The summed E-state index contributed by atoms with van der Waals surface area (Å²) in [5.74, 6) is 0. The van der Waals surface area contributed by atoms with Crippen LogP contribution in [0.25, 0.3) is 53.5 Å². The molecule has 0 spiro atoms. The van der Waals surface area contributed by atoms with Gasteiger partial charge < -0.3 is 0 Å². The highest BCUT2D eigenvalue weighted by atomic mass is 32.1. The molecule has 4 aromatic carbocycles. The molecule has 0 aliphatic rings. The second kappa shape index (κ2) is 8.53. The van der Waals surface area contributed by atoms with Crippen LogP contribution < -0.4 is 0 Å². The predicted molar refractivity (Wildman–Crippen MR) is 156 cm³/mol. The van der Waals surface area contributed by atoms with Crippen molar-refractivity contribution in [3.05, 3.63) is 95.8 Å². The van der Waals surface area contributed by atoms with E-state index < -0.39 is 0 Å². The van der Waals surface area contributed by atoms with E-state index in [1.807, 2.05) is 0 Å². The zero-order chi connectivity index (χ0) is 25.0. The minimum Gasteiger partial charge on any atom is -0.235 e. The van der Waals surface area contributed by atoms with Crippen LogP contribution in [-0.4, -0.2) is 9.97 Å². The SMILES string of the molecule is Cc1cc(CC(C)(C)C)ccc1-c1cc2sc3c(-c4ccc5ccccc5c4)ncnc3c2cc1C. The fraction of sp³-hybridized carbons (Fsp3) is 0.212. The van der Waals surface area contributed by atoms with Gasteiger partial charge in [0.1, 0.15) is 6.33 Å². The van der Waals surface area contributed by atoms with Gasteiger partial charge in [0.2, 0.25) is 0 Å². The maximum absolute atomic E-state index is 4.73. The third kappa shape index (κ3) is 4.08. The summed E-state index contributed by atoms with van der Waals surface area (Å²) < 4.78 is 2.41. The Hall–Kier alpha value is -3.56. The average Bonchev–Trinajstić information content (AvgIpc) is 3.20. The Morgan fingerprint density at radius 2 is 1.53 bits per heavy atom. The van der Waals surface area contributed by atoms with Crippen molar-refractivity contribution >= 4 is 42.4 Å². The molecule has 2 heterocycles. The lowest BCUT2D eigenvalue weighted by atomic mass is 9.86. The first kappa shape index (κ1) is 22.9. The molecule has 0 atom stereocenters. The normalized spacial score (nSPS) is 12.1. The smallest absolute Gasteiger partial charge is 0.116 e. The van der Waals surface area contributed by atoms with E-state index in [1.54, 1.807) is 17.7 Å². The van der Waals surface area contributed by atoms with Gasteiger partial charge in [-0.2, -0.15) is 0 Å². The first-order chi connectivity index (χ1) is 17.3. The van der Waals surface area contributed by atoms with Gasteiger partial charge in [-0.15, -0.1) is 11.3 Å². The van der Waals surface area contributed by atoms with E-state index in [2.05, 4.69) is 107 Å². The van der Waals surface area contributed by atoms with Crippen molar-refractivity contribution in [1.82, 2.24) is 9.97 Å². The Morgan fingerprint density at radius 1 is 0.750 bits per heavy atom. The molecule has 0 radical (unpaired) electrons. The molecule has 0 bridgehead atoms. The third-order valence-electron chi connectivity index (χ3n) is 6.94. The van der Waals surface area contributed by atoms with Crippen LogP contribution in [0.15, 0.2) is 79.1 Å². The first-order valence-electron chi connectivity index (χ1n) is 12.5. The van der Waals surface area contributed by atoms with Crippen LogP contribution in [0.4, 0.5) is 0 Å². The van der Waals surface area contributed by atoms with Crippen LogP contribution in [0.5, 0.6) is 0 Å². The van der Waals surface area contributed by atoms with E-state index in [9.17, 15) is 0 Å². The quantitative estimate of drug-likeness (QED) is 0.249. The number of hydrogen-bond acceptors (Lipinski definition) is 3. The molecule has 178 valence electrons. The molecule has 3 heteroatoms. The minimum absolute atomic E-state index is 0.281. The summed E-state index contributed by atoms with van der Waals surface area (Å²) >= 11 is 1.80. The summed E-state index contributed by atoms with van der Waals surface area (Å²) in [5, 5.41) is 3.68. The van der Waals surface area contributed by atoms with E-state index in [-0.39, 0.29) is 5.41 Å². The summed E-state index contributed by atoms with van der Waals surface area (Å²) in [5.41, 5.74) is 10.1. The second-order valence-corrected chi connectivity index (χ2v) is 12.2. The van der Waals surface area contributed by atoms with Crippen molar-refractivity contribution in [2.75, 3.05) is 0 Å². The minimum atomic E-state index is 0.281. The maximum Gasteiger partial charge on any atom is 0.116 e. The molecule has 2 aromatic heterocycles. The average molecular weight is 487 g/mol.